The minimum absolute atomic E-state index is 0.0327. The fourth-order valence-corrected chi connectivity index (χ4v) is 8.20. The largest absolute Gasteiger partial charge is 0.492 e. The number of piperidine rings is 1. The van der Waals surface area contributed by atoms with Gasteiger partial charge in [-0.15, -0.1) is 0 Å². The zero-order valence-corrected chi connectivity index (χ0v) is 30.8. The van der Waals surface area contributed by atoms with Crippen molar-refractivity contribution in [1.29, 1.82) is 0 Å². The van der Waals surface area contributed by atoms with Crippen molar-refractivity contribution in [3.8, 4) is 16.9 Å². The Balaban J connectivity index is 1.57. The number of carbonyl (C=O) groups is 3. The summed E-state index contributed by atoms with van der Waals surface area (Å²) in [5, 5.41) is 11.8. The van der Waals surface area contributed by atoms with Crippen LogP contribution in [0, 0.1) is 16.0 Å². The first-order valence-electron chi connectivity index (χ1n) is 17.0. The Morgan fingerprint density at radius 2 is 1.65 bits per heavy atom. The summed E-state index contributed by atoms with van der Waals surface area (Å²) in [4.78, 5) is 53.5. The minimum Gasteiger partial charge on any atom is -0.492 e. The molecule has 0 N–H and O–H groups in total. The van der Waals surface area contributed by atoms with Gasteiger partial charge in [-0.3, -0.25) is 14.9 Å². The van der Waals surface area contributed by atoms with Gasteiger partial charge in [-0.1, -0.05) is 30.3 Å². The molecule has 1 fully saturated rings. The second-order valence-corrected chi connectivity index (χ2v) is 15.8. The van der Waals surface area contributed by atoms with Gasteiger partial charge in [0.2, 0.25) is 15.9 Å². The van der Waals surface area contributed by atoms with Crippen LogP contribution in [0.15, 0.2) is 71.6 Å². The number of fused-ring (bicyclic) bond motifs is 4. The Labute approximate surface area is 303 Å². The third-order valence-electron chi connectivity index (χ3n) is 9.07. The van der Waals surface area contributed by atoms with Crippen LogP contribution < -0.4 is 4.74 Å². The minimum atomic E-state index is -4.34. The number of hydrogen-bond donors (Lipinski definition) is 0. The number of likely N-dealkylation sites (tertiary alicyclic amines) is 1. The Morgan fingerprint density at radius 3 is 2.37 bits per heavy atom. The molecule has 0 spiro atoms. The van der Waals surface area contributed by atoms with E-state index >= 15 is 0 Å². The zero-order valence-electron chi connectivity index (χ0n) is 29.9. The summed E-state index contributed by atoms with van der Waals surface area (Å²) in [6.07, 6.45) is 0.111. The summed E-state index contributed by atoms with van der Waals surface area (Å²) < 4.78 is 45.9. The molecule has 0 aromatic heterocycles. The van der Waals surface area contributed by atoms with Gasteiger partial charge < -0.3 is 24.0 Å². The van der Waals surface area contributed by atoms with Crippen LogP contribution in [0.1, 0.15) is 55.5 Å². The van der Waals surface area contributed by atoms with E-state index in [0.717, 1.165) is 21.5 Å². The number of nitro groups is 1. The molecule has 278 valence electrons. The Kier molecular flexibility index (Phi) is 11.5. The molecule has 14 nitrogen and oxygen atoms in total. The van der Waals surface area contributed by atoms with E-state index in [4.69, 9.17) is 14.2 Å². The predicted molar refractivity (Wildman–Crippen MR) is 191 cm³/mol. The van der Waals surface area contributed by atoms with Crippen LogP contribution in [0.5, 0.6) is 5.75 Å². The smallest absolute Gasteiger partial charge is 0.410 e. The quantitative estimate of drug-likeness (QED) is 0.190. The van der Waals surface area contributed by atoms with E-state index in [0.29, 0.717) is 23.3 Å². The van der Waals surface area contributed by atoms with Gasteiger partial charge in [0.1, 0.15) is 18.0 Å². The molecule has 2 atom stereocenters. The third kappa shape index (κ3) is 8.70. The molecule has 2 aliphatic rings. The molecule has 2 amide bonds. The van der Waals surface area contributed by atoms with Crippen LogP contribution in [-0.2, 0) is 24.3 Å². The zero-order chi connectivity index (χ0) is 37.8. The van der Waals surface area contributed by atoms with Crippen LogP contribution in [-0.4, -0.2) is 105 Å². The van der Waals surface area contributed by atoms with E-state index in [2.05, 4.69) is 0 Å². The van der Waals surface area contributed by atoms with Crippen molar-refractivity contribution in [3.05, 3.63) is 88.0 Å². The standard InChI is InChI=1S/C37H44N4O10S/c1-37(2,3)51-36(44)39-23-28-21-29(24-39)34(42)38(4)16-9-17-40(52(47,48)33-13-7-6-12-31(33)41(45)46)18-19-50-32-15-14-26(22-30(28)32)25-10-8-11-27(20-25)35(43)49-5/h6-8,10-15,20,22,28-29H,9,16-19,21,23-24H2,1-5H3. The number of para-hydroxylation sites is 1. The van der Waals surface area contributed by atoms with E-state index in [1.165, 1.54) is 30.2 Å². The normalized spacial score (nSPS) is 19.1. The number of carbonyl (C=O) groups excluding carboxylic acids is 3. The number of nitrogens with zero attached hydrogens (tertiary/aromatic N) is 4. The molecule has 3 aromatic rings. The number of nitro benzene ring substituents is 1. The highest BCUT2D eigenvalue weighted by molar-refractivity contribution is 7.89. The van der Waals surface area contributed by atoms with Crippen molar-refractivity contribution in [2.75, 3.05) is 53.5 Å². The molecule has 2 aliphatic heterocycles. The van der Waals surface area contributed by atoms with Crippen molar-refractivity contribution in [2.45, 2.75) is 50.0 Å². The number of hydrogen-bond acceptors (Lipinski definition) is 10. The van der Waals surface area contributed by atoms with Gasteiger partial charge in [0.05, 0.1) is 23.5 Å². The molecule has 5 rings (SSSR count). The van der Waals surface area contributed by atoms with Crippen molar-refractivity contribution in [3.63, 3.8) is 0 Å². The first-order valence-corrected chi connectivity index (χ1v) is 18.4. The molecule has 0 saturated carbocycles. The number of esters is 1. The molecule has 2 bridgehead atoms. The first-order chi connectivity index (χ1) is 24.6. The second kappa shape index (κ2) is 15.7. The monoisotopic (exact) mass is 736 g/mol. The molecular formula is C37H44N4O10S. The number of sulfonamides is 1. The van der Waals surface area contributed by atoms with Crippen molar-refractivity contribution in [2.24, 2.45) is 5.92 Å². The van der Waals surface area contributed by atoms with Crippen LogP contribution in [0.4, 0.5) is 10.5 Å². The van der Waals surface area contributed by atoms with E-state index in [1.54, 1.807) is 57.0 Å². The van der Waals surface area contributed by atoms with Gasteiger partial charge in [0.25, 0.3) is 5.69 Å². The topological polar surface area (TPSA) is 166 Å². The summed E-state index contributed by atoms with van der Waals surface area (Å²) in [5.41, 5.74) is 1.20. The molecule has 0 radical (unpaired) electrons. The Hall–Kier alpha value is -5.02. The number of methoxy groups -OCH3 is 1. The summed E-state index contributed by atoms with van der Waals surface area (Å²) in [6.45, 7) is 5.63. The van der Waals surface area contributed by atoms with Gasteiger partial charge in [-0.05, 0) is 80.6 Å². The summed E-state index contributed by atoms with van der Waals surface area (Å²) in [7, 11) is -1.40. The van der Waals surface area contributed by atoms with E-state index < -0.39 is 55.0 Å². The summed E-state index contributed by atoms with van der Waals surface area (Å²) >= 11 is 0. The van der Waals surface area contributed by atoms with Crippen molar-refractivity contribution in [1.82, 2.24) is 14.1 Å². The maximum atomic E-state index is 14.0. The maximum Gasteiger partial charge on any atom is 0.410 e. The highest BCUT2D eigenvalue weighted by atomic mass is 32.2. The SMILES string of the molecule is COC(=O)c1cccc(-c2ccc3c(c2)C2CC(CN(C(=O)OC(C)(C)C)C2)C(=O)N(C)CCCN(S(=O)(=O)c2ccccc2[N+](=O)[O-])CCO3)c1. The first kappa shape index (κ1) is 38.2. The number of amides is 2. The second-order valence-electron chi connectivity index (χ2n) is 13.9. The fraction of sp³-hybridized carbons (Fsp3) is 0.432. The molecule has 3 aromatic carbocycles. The molecule has 15 heteroatoms. The van der Waals surface area contributed by atoms with E-state index in [1.807, 2.05) is 18.2 Å². The third-order valence-corrected chi connectivity index (χ3v) is 11.0. The highest BCUT2D eigenvalue weighted by Gasteiger charge is 2.39. The average molecular weight is 737 g/mol. The lowest BCUT2D eigenvalue weighted by atomic mass is 9.82. The lowest BCUT2D eigenvalue weighted by molar-refractivity contribution is -0.387. The van der Waals surface area contributed by atoms with Gasteiger partial charge in [0, 0.05) is 51.8 Å². The van der Waals surface area contributed by atoms with E-state index in [-0.39, 0.29) is 51.7 Å². The highest BCUT2D eigenvalue weighted by Crippen LogP contribution is 2.39. The van der Waals surface area contributed by atoms with Gasteiger partial charge in [-0.2, -0.15) is 4.31 Å². The molecular weight excluding hydrogens is 692 g/mol. The Bertz CT molecular complexity index is 1940. The van der Waals surface area contributed by atoms with E-state index in [9.17, 15) is 32.9 Å². The number of ether oxygens (including phenoxy) is 3. The maximum absolute atomic E-state index is 14.0. The summed E-state index contributed by atoms with van der Waals surface area (Å²) in [6, 6.07) is 17.6. The molecule has 1 saturated heterocycles. The van der Waals surface area contributed by atoms with Gasteiger partial charge in [-0.25, -0.2) is 18.0 Å². The predicted octanol–water partition coefficient (Wildman–Crippen LogP) is 5.32. The van der Waals surface area contributed by atoms with Crippen LogP contribution >= 0.6 is 0 Å². The molecule has 0 aliphatic carbocycles. The fourth-order valence-electron chi connectivity index (χ4n) is 6.58. The van der Waals surface area contributed by atoms with Gasteiger partial charge in [0.15, 0.2) is 4.90 Å². The van der Waals surface area contributed by atoms with Crippen molar-refractivity contribution >= 4 is 33.7 Å². The van der Waals surface area contributed by atoms with Crippen LogP contribution in [0.25, 0.3) is 11.1 Å². The van der Waals surface area contributed by atoms with Gasteiger partial charge >= 0.3 is 12.1 Å². The van der Waals surface area contributed by atoms with Crippen molar-refractivity contribution < 1.29 is 41.9 Å². The molecule has 52 heavy (non-hydrogen) atoms. The number of rotatable bonds is 5. The Morgan fingerprint density at radius 1 is 0.942 bits per heavy atom. The van der Waals surface area contributed by atoms with Crippen LogP contribution in [0.3, 0.4) is 0 Å². The molecule has 2 heterocycles. The lowest BCUT2D eigenvalue weighted by Gasteiger charge is -2.39. The lowest BCUT2D eigenvalue weighted by Crippen LogP contribution is -2.50. The van der Waals surface area contributed by atoms with Crippen LogP contribution in [0.2, 0.25) is 0 Å². The number of benzene rings is 3. The molecule has 2 unspecified atom stereocenters. The average Bonchev–Trinajstić information content (AvgIpc) is 3.12. The summed E-state index contributed by atoms with van der Waals surface area (Å²) in [5.74, 6) is -1.28.